The first-order valence-corrected chi connectivity index (χ1v) is 11.9. The van der Waals surface area contributed by atoms with E-state index in [4.69, 9.17) is 16.3 Å². The number of carbonyl (C=O) groups is 1. The Kier molecular flexibility index (Phi) is 6.45. The van der Waals surface area contributed by atoms with Crippen molar-refractivity contribution >= 4 is 34.0 Å². The van der Waals surface area contributed by atoms with Gasteiger partial charge in [-0.05, 0) is 55.7 Å². The van der Waals surface area contributed by atoms with E-state index in [1.807, 2.05) is 30.5 Å². The summed E-state index contributed by atoms with van der Waals surface area (Å²) in [4.78, 5) is 19.1. The molecule has 0 spiro atoms. The number of ether oxygens (including phenoxy) is 1. The highest BCUT2D eigenvalue weighted by Crippen LogP contribution is 2.43. The summed E-state index contributed by atoms with van der Waals surface area (Å²) in [7, 11) is 1.66. The van der Waals surface area contributed by atoms with Crippen LogP contribution in [0.2, 0.25) is 0 Å². The summed E-state index contributed by atoms with van der Waals surface area (Å²) in [5.74, 6) is 1.40. The standard InChI is InChI=1S/C23H29ClN2O2S/c1-28-18-10-8-17(9-11-18)23(12-4-5-13-23)21(27)26-22-25-15-19(29-22)14-16-6-2-3-7-20(16)24/h8-11,15-16,20H,2-7,12-14H2,1H3,(H,25,26,27)/t16?,20-/m0/s1. The molecule has 1 amide bonds. The first-order valence-electron chi connectivity index (χ1n) is 10.7. The lowest BCUT2D eigenvalue weighted by Crippen LogP contribution is -2.37. The van der Waals surface area contributed by atoms with Gasteiger partial charge in [0.1, 0.15) is 5.75 Å². The van der Waals surface area contributed by atoms with E-state index in [0.29, 0.717) is 11.0 Å². The minimum atomic E-state index is -0.470. The number of thiazole rings is 1. The van der Waals surface area contributed by atoms with E-state index in [-0.39, 0.29) is 11.3 Å². The molecule has 4 nitrogen and oxygen atoms in total. The molecule has 1 heterocycles. The van der Waals surface area contributed by atoms with E-state index in [0.717, 1.165) is 49.8 Å². The molecule has 2 saturated carbocycles. The molecule has 1 aromatic carbocycles. The Hall–Kier alpha value is -1.59. The van der Waals surface area contributed by atoms with Crippen molar-refractivity contribution in [1.82, 2.24) is 4.98 Å². The Morgan fingerprint density at radius 1 is 1.21 bits per heavy atom. The molecule has 0 aliphatic heterocycles. The van der Waals surface area contributed by atoms with Crippen molar-refractivity contribution in [3.63, 3.8) is 0 Å². The average molecular weight is 433 g/mol. The van der Waals surface area contributed by atoms with E-state index in [2.05, 4.69) is 10.3 Å². The maximum Gasteiger partial charge on any atom is 0.236 e. The van der Waals surface area contributed by atoms with Gasteiger partial charge in [-0.15, -0.1) is 22.9 Å². The number of nitrogens with zero attached hydrogens (tertiary/aromatic N) is 1. The lowest BCUT2D eigenvalue weighted by molar-refractivity contribution is -0.121. The van der Waals surface area contributed by atoms with Crippen LogP contribution in [0.1, 0.15) is 61.8 Å². The molecule has 2 atom stereocenters. The van der Waals surface area contributed by atoms with Gasteiger partial charge in [-0.3, -0.25) is 4.79 Å². The van der Waals surface area contributed by atoms with Crippen molar-refractivity contribution in [3.8, 4) is 5.75 Å². The van der Waals surface area contributed by atoms with Crippen LogP contribution in [0.3, 0.4) is 0 Å². The molecule has 156 valence electrons. The topological polar surface area (TPSA) is 51.2 Å². The average Bonchev–Trinajstić information content (AvgIpc) is 3.40. The monoisotopic (exact) mass is 432 g/mol. The van der Waals surface area contributed by atoms with Crippen LogP contribution < -0.4 is 10.1 Å². The molecule has 0 radical (unpaired) electrons. The molecule has 2 aromatic rings. The highest BCUT2D eigenvalue weighted by Gasteiger charge is 2.43. The highest BCUT2D eigenvalue weighted by atomic mass is 35.5. The number of carbonyl (C=O) groups excluding carboxylic acids is 1. The van der Waals surface area contributed by atoms with Gasteiger partial charge in [-0.1, -0.05) is 37.8 Å². The summed E-state index contributed by atoms with van der Waals surface area (Å²) in [5, 5.41) is 4.09. The number of amides is 1. The second kappa shape index (κ2) is 9.05. The van der Waals surface area contributed by atoms with Crippen LogP contribution in [0.4, 0.5) is 5.13 Å². The fourth-order valence-corrected chi connectivity index (χ4v) is 6.13. The fourth-order valence-electron chi connectivity index (χ4n) is 4.86. The first-order chi connectivity index (χ1) is 14.1. The quantitative estimate of drug-likeness (QED) is 0.574. The van der Waals surface area contributed by atoms with Gasteiger partial charge >= 0.3 is 0 Å². The van der Waals surface area contributed by atoms with E-state index in [9.17, 15) is 4.79 Å². The number of benzene rings is 1. The third-order valence-corrected chi connectivity index (χ3v) is 8.10. The molecule has 1 N–H and O–H groups in total. The molecule has 2 aliphatic rings. The summed E-state index contributed by atoms with van der Waals surface area (Å²) >= 11 is 8.12. The molecule has 0 saturated heterocycles. The van der Waals surface area contributed by atoms with Crippen LogP contribution in [-0.4, -0.2) is 23.4 Å². The number of hydrogen-bond donors (Lipinski definition) is 1. The maximum absolute atomic E-state index is 13.3. The normalized spacial score (nSPS) is 23.7. The molecular formula is C23H29ClN2O2S. The van der Waals surface area contributed by atoms with Crippen molar-refractivity contribution in [2.75, 3.05) is 12.4 Å². The van der Waals surface area contributed by atoms with Crippen LogP contribution in [0.5, 0.6) is 5.75 Å². The largest absolute Gasteiger partial charge is 0.497 e. The van der Waals surface area contributed by atoms with Crippen LogP contribution >= 0.6 is 22.9 Å². The lowest BCUT2D eigenvalue weighted by Gasteiger charge is -2.28. The van der Waals surface area contributed by atoms with Crippen LogP contribution in [0.15, 0.2) is 30.5 Å². The van der Waals surface area contributed by atoms with Gasteiger partial charge in [0.25, 0.3) is 0 Å². The number of hydrogen-bond acceptors (Lipinski definition) is 4. The number of rotatable bonds is 6. The molecule has 1 unspecified atom stereocenters. The zero-order valence-corrected chi connectivity index (χ0v) is 18.5. The number of alkyl halides is 1. The van der Waals surface area contributed by atoms with Gasteiger partial charge in [0, 0.05) is 16.5 Å². The second-order valence-electron chi connectivity index (χ2n) is 8.37. The SMILES string of the molecule is COc1ccc(C2(C(=O)Nc3ncc(CC4CCCC[C@@H]4Cl)s3)CCCC2)cc1. The molecule has 0 bridgehead atoms. The minimum Gasteiger partial charge on any atom is -0.497 e. The molecular weight excluding hydrogens is 404 g/mol. The van der Waals surface area contributed by atoms with E-state index in [1.165, 1.54) is 24.1 Å². The molecule has 6 heteroatoms. The predicted molar refractivity (Wildman–Crippen MR) is 119 cm³/mol. The summed E-state index contributed by atoms with van der Waals surface area (Å²) in [6, 6.07) is 7.94. The Bertz CT molecular complexity index is 830. The summed E-state index contributed by atoms with van der Waals surface area (Å²) < 4.78 is 5.28. The molecule has 4 rings (SSSR count). The Morgan fingerprint density at radius 3 is 2.62 bits per heavy atom. The van der Waals surface area contributed by atoms with Crippen LogP contribution in [0.25, 0.3) is 0 Å². The number of aromatic nitrogens is 1. The first kappa shape index (κ1) is 20.7. The number of halogens is 1. The third-order valence-electron chi connectivity index (χ3n) is 6.59. The van der Waals surface area contributed by atoms with Crippen molar-refractivity contribution in [2.24, 2.45) is 5.92 Å². The van der Waals surface area contributed by atoms with Crippen molar-refractivity contribution < 1.29 is 9.53 Å². The summed E-state index contributed by atoms with van der Waals surface area (Å²) in [6.07, 6.45) is 11.6. The number of nitrogens with one attached hydrogen (secondary N) is 1. The van der Waals surface area contributed by atoms with Gasteiger partial charge in [-0.25, -0.2) is 4.98 Å². The molecule has 2 aliphatic carbocycles. The van der Waals surface area contributed by atoms with E-state index >= 15 is 0 Å². The molecule has 29 heavy (non-hydrogen) atoms. The zero-order valence-electron chi connectivity index (χ0n) is 17.0. The Labute approximate surface area is 182 Å². The zero-order chi connectivity index (χ0) is 20.3. The minimum absolute atomic E-state index is 0.0638. The number of methoxy groups -OCH3 is 1. The van der Waals surface area contributed by atoms with Gasteiger partial charge in [-0.2, -0.15) is 0 Å². The van der Waals surface area contributed by atoms with Crippen molar-refractivity contribution in [2.45, 2.75) is 68.6 Å². The summed E-state index contributed by atoms with van der Waals surface area (Å²) in [5.41, 5.74) is 0.597. The van der Waals surface area contributed by atoms with Gasteiger partial charge in [0.2, 0.25) is 5.91 Å². The van der Waals surface area contributed by atoms with Crippen molar-refractivity contribution in [3.05, 3.63) is 40.9 Å². The second-order valence-corrected chi connectivity index (χ2v) is 10.0. The molecule has 2 fully saturated rings. The Balaban J connectivity index is 1.46. The maximum atomic E-state index is 13.3. The fraction of sp³-hybridized carbons (Fsp3) is 0.565. The number of anilines is 1. The van der Waals surface area contributed by atoms with Gasteiger partial charge in [0.15, 0.2) is 5.13 Å². The Morgan fingerprint density at radius 2 is 1.93 bits per heavy atom. The van der Waals surface area contributed by atoms with E-state index in [1.54, 1.807) is 18.4 Å². The highest BCUT2D eigenvalue weighted by molar-refractivity contribution is 7.15. The predicted octanol–water partition coefficient (Wildman–Crippen LogP) is 5.94. The third kappa shape index (κ3) is 4.46. The lowest BCUT2D eigenvalue weighted by atomic mass is 9.78. The molecule has 1 aromatic heterocycles. The van der Waals surface area contributed by atoms with Gasteiger partial charge < -0.3 is 10.1 Å². The smallest absolute Gasteiger partial charge is 0.236 e. The summed E-state index contributed by atoms with van der Waals surface area (Å²) in [6.45, 7) is 0. The van der Waals surface area contributed by atoms with Gasteiger partial charge in [0.05, 0.1) is 12.5 Å². The van der Waals surface area contributed by atoms with Crippen LogP contribution in [-0.2, 0) is 16.6 Å². The van der Waals surface area contributed by atoms with Crippen LogP contribution in [0, 0.1) is 5.92 Å². The van der Waals surface area contributed by atoms with E-state index < -0.39 is 5.41 Å². The van der Waals surface area contributed by atoms with Crippen molar-refractivity contribution in [1.29, 1.82) is 0 Å².